The first kappa shape index (κ1) is 26.7. The number of hydrazine groups is 1. The summed E-state index contributed by atoms with van der Waals surface area (Å²) in [4.78, 5) is 64.8. The number of esters is 1. The fourth-order valence-electron chi connectivity index (χ4n) is 6.63. The normalized spacial score (nSPS) is 24.2. The topological polar surface area (TPSA) is 122 Å². The van der Waals surface area contributed by atoms with Gasteiger partial charge in [0.1, 0.15) is 0 Å². The lowest BCUT2D eigenvalue weighted by Crippen LogP contribution is -2.43. The largest absolute Gasteiger partial charge is 0.452 e. The van der Waals surface area contributed by atoms with Crippen LogP contribution in [0.15, 0.2) is 78.9 Å². The standard InChI is InChI=1S/C31H26ClN3O6/c32-24-9-5-4-8-21(24)28(37)34-33-25(36)16-41-31(40)18-10-12-20(13-11-18)35-29(38)26-19-14-22(17-6-2-1-3-7-17)23(15-19)27(26)30(35)39/h1-13,19,22-23,26-27H,14-16H2,(H,33,36)(H,34,37)/t19-,22+,23+,26+,27+/m0/s1. The number of amides is 4. The highest BCUT2D eigenvalue weighted by atomic mass is 35.5. The van der Waals surface area contributed by atoms with Crippen molar-refractivity contribution in [3.8, 4) is 0 Å². The minimum Gasteiger partial charge on any atom is -0.452 e. The second kappa shape index (κ2) is 10.8. The number of fused-ring (bicyclic) bond motifs is 5. The smallest absolute Gasteiger partial charge is 0.338 e. The molecule has 2 aliphatic carbocycles. The Morgan fingerprint density at radius 2 is 1.51 bits per heavy atom. The molecular weight excluding hydrogens is 546 g/mol. The molecule has 0 aromatic heterocycles. The molecule has 6 rings (SSSR count). The summed E-state index contributed by atoms with van der Waals surface area (Å²) >= 11 is 5.96. The van der Waals surface area contributed by atoms with Gasteiger partial charge in [0.05, 0.1) is 33.7 Å². The molecule has 3 aromatic carbocycles. The summed E-state index contributed by atoms with van der Waals surface area (Å²) in [5.41, 5.74) is 6.31. The van der Waals surface area contributed by atoms with Crippen LogP contribution in [0.5, 0.6) is 0 Å². The van der Waals surface area contributed by atoms with Crippen LogP contribution in [-0.2, 0) is 19.1 Å². The maximum absolute atomic E-state index is 13.5. The third-order valence-electron chi connectivity index (χ3n) is 8.37. The lowest BCUT2D eigenvalue weighted by molar-refractivity contribution is -0.125. The molecule has 5 atom stereocenters. The zero-order valence-electron chi connectivity index (χ0n) is 21.8. The van der Waals surface area contributed by atoms with Gasteiger partial charge in [-0.05, 0) is 72.6 Å². The Hall–Kier alpha value is -4.50. The van der Waals surface area contributed by atoms with Crippen molar-refractivity contribution in [2.45, 2.75) is 18.8 Å². The molecule has 41 heavy (non-hydrogen) atoms. The second-order valence-electron chi connectivity index (χ2n) is 10.6. The van der Waals surface area contributed by atoms with Gasteiger partial charge in [-0.15, -0.1) is 0 Å². The first-order valence-electron chi connectivity index (χ1n) is 13.4. The molecule has 1 aliphatic heterocycles. The molecule has 1 heterocycles. The summed E-state index contributed by atoms with van der Waals surface area (Å²) < 4.78 is 5.03. The number of anilines is 1. The quantitative estimate of drug-likeness (QED) is 0.263. The van der Waals surface area contributed by atoms with E-state index in [1.54, 1.807) is 12.1 Å². The van der Waals surface area contributed by atoms with Gasteiger partial charge in [-0.2, -0.15) is 0 Å². The van der Waals surface area contributed by atoms with E-state index in [2.05, 4.69) is 23.0 Å². The minimum absolute atomic E-state index is 0.142. The van der Waals surface area contributed by atoms with Crippen molar-refractivity contribution in [2.75, 3.05) is 11.5 Å². The molecule has 208 valence electrons. The fraction of sp³-hybridized carbons (Fsp3) is 0.258. The number of ether oxygens (including phenoxy) is 1. The summed E-state index contributed by atoms with van der Waals surface area (Å²) in [7, 11) is 0. The summed E-state index contributed by atoms with van der Waals surface area (Å²) in [6, 6.07) is 22.5. The molecule has 10 heteroatoms. The van der Waals surface area contributed by atoms with Crippen molar-refractivity contribution in [3.63, 3.8) is 0 Å². The van der Waals surface area contributed by atoms with Crippen molar-refractivity contribution >= 4 is 46.9 Å². The first-order valence-corrected chi connectivity index (χ1v) is 13.7. The number of hydrogen-bond donors (Lipinski definition) is 2. The number of nitrogens with one attached hydrogen (secondary N) is 2. The SMILES string of the molecule is O=C(COC(=O)c1ccc(N2C(=O)[C@@H]3[C@@H]4C[C@@H]([C@H]3C2=O)[C@@H](c2ccccc2)C4)cc1)NNC(=O)c1ccccc1Cl. The minimum atomic E-state index is -0.774. The van der Waals surface area contributed by atoms with Gasteiger partial charge in [0.15, 0.2) is 6.61 Å². The van der Waals surface area contributed by atoms with Crippen molar-refractivity contribution in [2.24, 2.45) is 23.7 Å². The maximum Gasteiger partial charge on any atom is 0.338 e. The number of imide groups is 1. The Balaban J connectivity index is 1.05. The van der Waals surface area contributed by atoms with E-state index in [9.17, 15) is 24.0 Å². The van der Waals surface area contributed by atoms with E-state index >= 15 is 0 Å². The Kier molecular flexibility index (Phi) is 7.05. The van der Waals surface area contributed by atoms with Crippen LogP contribution in [-0.4, -0.2) is 36.2 Å². The summed E-state index contributed by atoms with van der Waals surface area (Å²) in [5, 5.41) is 0.221. The fourth-order valence-corrected chi connectivity index (χ4v) is 6.86. The number of hydrogen-bond acceptors (Lipinski definition) is 6. The molecule has 9 nitrogen and oxygen atoms in total. The zero-order valence-corrected chi connectivity index (χ0v) is 22.5. The van der Waals surface area contributed by atoms with Crippen molar-refractivity contribution < 1.29 is 28.7 Å². The van der Waals surface area contributed by atoms with Crippen LogP contribution in [0.25, 0.3) is 0 Å². The van der Waals surface area contributed by atoms with Gasteiger partial charge in [-0.1, -0.05) is 54.1 Å². The number of carbonyl (C=O) groups excluding carboxylic acids is 5. The van der Waals surface area contributed by atoms with Crippen LogP contribution in [0.3, 0.4) is 0 Å². The molecular formula is C31H26ClN3O6. The average Bonchev–Trinajstić information content (AvgIpc) is 3.66. The maximum atomic E-state index is 13.5. The Labute approximate surface area is 240 Å². The molecule has 2 bridgehead atoms. The van der Waals surface area contributed by atoms with Crippen molar-refractivity contribution in [1.29, 1.82) is 0 Å². The average molecular weight is 572 g/mol. The monoisotopic (exact) mass is 571 g/mol. The number of benzene rings is 3. The van der Waals surface area contributed by atoms with E-state index in [4.69, 9.17) is 16.3 Å². The number of rotatable bonds is 6. The third kappa shape index (κ3) is 4.86. The molecule has 0 spiro atoms. The summed E-state index contributed by atoms with van der Waals surface area (Å²) in [6.07, 6.45) is 1.80. The molecule has 3 aromatic rings. The van der Waals surface area contributed by atoms with Gasteiger partial charge in [0.25, 0.3) is 11.8 Å². The summed E-state index contributed by atoms with van der Waals surface area (Å²) in [6.45, 7) is -0.638. The van der Waals surface area contributed by atoms with Gasteiger partial charge in [-0.25, -0.2) is 4.79 Å². The number of carbonyl (C=O) groups is 5. The molecule has 0 radical (unpaired) electrons. The Morgan fingerprint density at radius 1 is 0.829 bits per heavy atom. The molecule has 2 N–H and O–H groups in total. The van der Waals surface area contributed by atoms with Gasteiger partial charge in [0, 0.05) is 0 Å². The molecule has 3 fully saturated rings. The van der Waals surface area contributed by atoms with E-state index in [1.807, 2.05) is 18.2 Å². The molecule has 4 amide bonds. The predicted molar refractivity (Wildman–Crippen MR) is 149 cm³/mol. The highest BCUT2D eigenvalue weighted by molar-refractivity contribution is 6.33. The van der Waals surface area contributed by atoms with E-state index in [0.29, 0.717) is 5.69 Å². The van der Waals surface area contributed by atoms with Gasteiger partial charge >= 0.3 is 5.97 Å². The molecule has 1 saturated heterocycles. The van der Waals surface area contributed by atoms with Gasteiger partial charge < -0.3 is 4.74 Å². The van der Waals surface area contributed by atoms with E-state index in [1.165, 1.54) is 46.9 Å². The molecule has 2 saturated carbocycles. The van der Waals surface area contributed by atoms with Crippen LogP contribution >= 0.6 is 11.6 Å². The van der Waals surface area contributed by atoms with Crippen molar-refractivity contribution in [1.82, 2.24) is 10.9 Å². The lowest BCUT2D eigenvalue weighted by atomic mass is 9.73. The highest BCUT2D eigenvalue weighted by Crippen LogP contribution is 2.61. The molecule has 0 unspecified atom stereocenters. The van der Waals surface area contributed by atoms with E-state index < -0.39 is 24.4 Å². The van der Waals surface area contributed by atoms with Gasteiger partial charge in [-0.3, -0.25) is 34.9 Å². The predicted octanol–water partition coefficient (Wildman–Crippen LogP) is 3.89. The lowest BCUT2D eigenvalue weighted by Gasteiger charge is -2.28. The summed E-state index contributed by atoms with van der Waals surface area (Å²) in [5.74, 6) is -2.52. The highest BCUT2D eigenvalue weighted by Gasteiger charge is 2.64. The molecule has 3 aliphatic rings. The first-order chi connectivity index (χ1) is 19.8. The number of halogens is 1. The van der Waals surface area contributed by atoms with Crippen LogP contribution in [0.4, 0.5) is 5.69 Å². The Morgan fingerprint density at radius 3 is 2.24 bits per heavy atom. The van der Waals surface area contributed by atoms with Crippen LogP contribution < -0.4 is 15.8 Å². The zero-order chi connectivity index (χ0) is 28.7. The number of nitrogens with zero attached hydrogens (tertiary/aromatic N) is 1. The second-order valence-corrected chi connectivity index (χ2v) is 11.0. The third-order valence-corrected chi connectivity index (χ3v) is 8.70. The Bertz CT molecular complexity index is 1540. The van der Waals surface area contributed by atoms with Crippen LogP contribution in [0, 0.1) is 23.7 Å². The van der Waals surface area contributed by atoms with E-state index in [0.717, 1.165) is 12.8 Å². The van der Waals surface area contributed by atoms with Crippen molar-refractivity contribution in [3.05, 3.63) is 101 Å². The van der Waals surface area contributed by atoms with Crippen LogP contribution in [0.1, 0.15) is 45.0 Å². The van der Waals surface area contributed by atoms with E-state index in [-0.39, 0.29) is 57.6 Å². The van der Waals surface area contributed by atoms with Crippen LogP contribution in [0.2, 0.25) is 5.02 Å². The van der Waals surface area contributed by atoms with Gasteiger partial charge in [0.2, 0.25) is 11.8 Å².